The Balaban J connectivity index is 2.79. The largest absolute Gasteiger partial charge is 0.416 e. The van der Waals surface area contributed by atoms with E-state index in [1.807, 2.05) is 6.92 Å². The summed E-state index contributed by atoms with van der Waals surface area (Å²) >= 11 is 0. The van der Waals surface area contributed by atoms with E-state index in [0.717, 1.165) is 12.1 Å². The molecule has 0 saturated heterocycles. The lowest BCUT2D eigenvalue weighted by atomic mass is 10.0. The molecular formula is C13H16F5N. The third-order valence-electron chi connectivity index (χ3n) is 2.67. The first-order chi connectivity index (χ1) is 8.84. The van der Waals surface area contributed by atoms with Crippen LogP contribution in [0.2, 0.25) is 0 Å². The highest BCUT2D eigenvalue weighted by Crippen LogP contribution is 2.29. The Hall–Kier alpha value is -1.17. The molecule has 1 N–H and O–H groups in total. The van der Waals surface area contributed by atoms with Gasteiger partial charge in [-0.1, -0.05) is 25.1 Å². The maximum atomic E-state index is 12.8. The minimum atomic E-state index is -4.45. The van der Waals surface area contributed by atoms with Crippen LogP contribution in [0.4, 0.5) is 22.0 Å². The van der Waals surface area contributed by atoms with Crippen LogP contribution in [0.25, 0.3) is 0 Å². The molecule has 0 heterocycles. The third-order valence-corrected chi connectivity index (χ3v) is 2.67. The summed E-state index contributed by atoms with van der Waals surface area (Å²) in [7, 11) is 0. The van der Waals surface area contributed by atoms with Crippen LogP contribution in [-0.4, -0.2) is 19.0 Å². The highest BCUT2D eigenvalue weighted by atomic mass is 19.4. The van der Waals surface area contributed by atoms with Crippen LogP contribution in [0, 0.1) is 0 Å². The second-order valence-corrected chi connectivity index (χ2v) is 4.30. The molecule has 19 heavy (non-hydrogen) atoms. The molecule has 1 aromatic rings. The van der Waals surface area contributed by atoms with Gasteiger partial charge in [0.05, 0.1) is 11.6 Å². The fourth-order valence-electron chi connectivity index (χ4n) is 1.71. The number of nitrogens with one attached hydrogen (secondary N) is 1. The molecule has 0 aliphatic carbocycles. The zero-order valence-corrected chi connectivity index (χ0v) is 10.5. The number of hydrogen-bond donors (Lipinski definition) is 1. The lowest BCUT2D eigenvalue weighted by Crippen LogP contribution is -2.38. The predicted molar refractivity (Wildman–Crippen MR) is 63.2 cm³/mol. The van der Waals surface area contributed by atoms with Gasteiger partial charge >= 0.3 is 6.18 Å². The Morgan fingerprint density at radius 2 is 1.89 bits per heavy atom. The second kappa shape index (κ2) is 6.84. The van der Waals surface area contributed by atoms with E-state index in [4.69, 9.17) is 0 Å². The summed E-state index contributed by atoms with van der Waals surface area (Å²) in [6.07, 6.45) is -6.50. The van der Waals surface area contributed by atoms with Crippen LogP contribution in [-0.2, 0) is 12.6 Å². The van der Waals surface area contributed by atoms with E-state index in [9.17, 15) is 22.0 Å². The van der Waals surface area contributed by atoms with Crippen LogP contribution in [0.15, 0.2) is 24.3 Å². The standard InChI is InChI=1S/C13H16F5N/c1-2-6-19-11(12(14)15)8-9-4-3-5-10(7-9)13(16,17)18/h3-5,7,11-12,19H,2,6,8H2,1H3. The van der Waals surface area contributed by atoms with Crippen molar-refractivity contribution in [2.75, 3.05) is 6.54 Å². The molecule has 0 spiro atoms. The van der Waals surface area contributed by atoms with Crippen LogP contribution < -0.4 is 5.32 Å². The van der Waals surface area contributed by atoms with E-state index in [1.54, 1.807) is 0 Å². The van der Waals surface area contributed by atoms with Crippen molar-refractivity contribution in [1.29, 1.82) is 0 Å². The Morgan fingerprint density at radius 1 is 1.21 bits per heavy atom. The molecule has 6 heteroatoms. The Kier molecular flexibility index (Phi) is 5.72. The Morgan fingerprint density at radius 3 is 2.42 bits per heavy atom. The van der Waals surface area contributed by atoms with E-state index in [0.29, 0.717) is 13.0 Å². The predicted octanol–water partition coefficient (Wildman–Crippen LogP) is 3.88. The summed E-state index contributed by atoms with van der Waals surface area (Å²) in [5, 5.41) is 2.64. The zero-order chi connectivity index (χ0) is 14.5. The highest BCUT2D eigenvalue weighted by molar-refractivity contribution is 5.26. The van der Waals surface area contributed by atoms with Crippen molar-refractivity contribution in [3.05, 3.63) is 35.4 Å². The monoisotopic (exact) mass is 281 g/mol. The van der Waals surface area contributed by atoms with Crippen molar-refractivity contribution in [3.8, 4) is 0 Å². The number of alkyl halides is 5. The molecule has 1 aromatic carbocycles. The van der Waals surface area contributed by atoms with Crippen LogP contribution in [0.5, 0.6) is 0 Å². The van der Waals surface area contributed by atoms with E-state index >= 15 is 0 Å². The van der Waals surface area contributed by atoms with Gasteiger partial charge in [-0.15, -0.1) is 0 Å². The molecule has 0 fully saturated rings. The summed E-state index contributed by atoms with van der Waals surface area (Å²) in [5.41, 5.74) is -0.558. The van der Waals surface area contributed by atoms with Gasteiger partial charge in [-0.05, 0) is 31.0 Å². The maximum absolute atomic E-state index is 12.8. The van der Waals surface area contributed by atoms with Crippen LogP contribution >= 0.6 is 0 Å². The average molecular weight is 281 g/mol. The Labute approximate surface area is 108 Å². The lowest BCUT2D eigenvalue weighted by Gasteiger charge is -2.18. The highest BCUT2D eigenvalue weighted by Gasteiger charge is 2.30. The number of halogens is 5. The van der Waals surface area contributed by atoms with Gasteiger partial charge in [0, 0.05) is 0 Å². The number of benzene rings is 1. The van der Waals surface area contributed by atoms with Crippen molar-refractivity contribution < 1.29 is 22.0 Å². The first kappa shape index (κ1) is 15.9. The van der Waals surface area contributed by atoms with E-state index in [1.165, 1.54) is 12.1 Å². The number of hydrogen-bond acceptors (Lipinski definition) is 1. The maximum Gasteiger partial charge on any atom is 0.416 e. The first-order valence-corrected chi connectivity index (χ1v) is 6.02. The Bertz CT molecular complexity index is 389. The molecular weight excluding hydrogens is 265 g/mol. The van der Waals surface area contributed by atoms with Gasteiger partial charge in [-0.3, -0.25) is 0 Å². The molecule has 0 radical (unpaired) electrons. The quantitative estimate of drug-likeness (QED) is 0.780. The lowest BCUT2D eigenvalue weighted by molar-refractivity contribution is -0.137. The topological polar surface area (TPSA) is 12.0 Å². The van der Waals surface area contributed by atoms with E-state index in [-0.39, 0.29) is 12.0 Å². The van der Waals surface area contributed by atoms with Crippen molar-refractivity contribution in [3.63, 3.8) is 0 Å². The molecule has 1 atom stereocenters. The minimum Gasteiger partial charge on any atom is -0.309 e. The number of rotatable bonds is 6. The fraction of sp³-hybridized carbons (Fsp3) is 0.538. The molecule has 108 valence electrons. The van der Waals surface area contributed by atoms with Crippen molar-refractivity contribution in [2.24, 2.45) is 0 Å². The van der Waals surface area contributed by atoms with Gasteiger partial charge < -0.3 is 5.32 Å². The van der Waals surface area contributed by atoms with E-state index in [2.05, 4.69) is 5.32 Å². The molecule has 0 amide bonds. The summed E-state index contributed by atoms with van der Waals surface area (Å²) in [6.45, 7) is 2.24. The zero-order valence-electron chi connectivity index (χ0n) is 10.5. The molecule has 1 rings (SSSR count). The second-order valence-electron chi connectivity index (χ2n) is 4.30. The molecule has 0 aliphatic rings. The van der Waals surface area contributed by atoms with Gasteiger partial charge in [-0.2, -0.15) is 13.2 Å². The molecule has 0 aromatic heterocycles. The summed E-state index contributed by atoms with van der Waals surface area (Å²) in [4.78, 5) is 0. The minimum absolute atomic E-state index is 0.123. The smallest absolute Gasteiger partial charge is 0.309 e. The molecule has 0 bridgehead atoms. The van der Waals surface area contributed by atoms with Crippen molar-refractivity contribution in [1.82, 2.24) is 5.32 Å². The van der Waals surface area contributed by atoms with Crippen LogP contribution in [0.3, 0.4) is 0 Å². The molecule has 0 saturated carbocycles. The van der Waals surface area contributed by atoms with Gasteiger partial charge in [0.1, 0.15) is 0 Å². The molecule has 1 nitrogen and oxygen atoms in total. The summed E-state index contributed by atoms with van der Waals surface area (Å²) < 4.78 is 63.0. The molecule has 0 aliphatic heterocycles. The van der Waals surface area contributed by atoms with Gasteiger partial charge in [0.2, 0.25) is 0 Å². The van der Waals surface area contributed by atoms with Gasteiger partial charge in [0.25, 0.3) is 6.43 Å². The summed E-state index contributed by atoms with van der Waals surface area (Å²) in [5.74, 6) is 0. The van der Waals surface area contributed by atoms with Gasteiger partial charge in [0.15, 0.2) is 0 Å². The molecule has 1 unspecified atom stereocenters. The van der Waals surface area contributed by atoms with Crippen LogP contribution in [0.1, 0.15) is 24.5 Å². The SMILES string of the molecule is CCCNC(Cc1cccc(C(F)(F)F)c1)C(F)F. The van der Waals surface area contributed by atoms with E-state index < -0.39 is 24.2 Å². The average Bonchev–Trinajstić information content (AvgIpc) is 2.33. The van der Waals surface area contributed by atoms with Crippen molar-refractivity contribution >= 4 is 0 Å². The summed E-state index contributed by atoms with van der Waals surface area (Å²) in [6, 6.07) is 3.39. The van der Waals surface area contributed by atoms with Crippen molar-refractivity contribution in [2.45, 2.75) is 38.4 Å². The normalized spacial score (nSPS) is 13.8. The third kappa shape index (κ3) is 5.14. The fourth-order valence-corrected chi connectivity index (χ4v) is 1.71. The van der Waals surface area contributed by atoms with Gasteiger partial charge in [-0.25, -0.2) is 8.78 Å². The first-order valence-electron chi connectivity index (χ1n) is 6.02.